The third-order valence-electron chi connectivity index (χ3n) is 2.68. The Balaban J connectivity index is 2.76. The first-order valence-corrected chi connectivity index (χ1v) is 5.36. The lowest BCUT2D eigenvalue weighted by Crippen LogP contribution is -2.06. The Bertz CT molecular complexity index is 301. The van der Waals surface area contributed by atoms with Crippen molar-refractivity contribution in [2.24, 2.45) is 5.92 Å². The summed E-state index contributed by atoms with van der Waals surface area (Å²) in [5.74, 6) is 1.03. The molecule has 0 fully saturated rings. The fraction of sp³-hybridized carbons (Fsp3) is 0.583. The van der Waals surface area contributed by atoms with Gasteiger partial charge in [0.25, 0.3) is 0 Å². The molecule has 84 valence electrons. The highest BCUT2D eigenvalue weighted by Gasteiger charge is 2.15. The smallest absolute Gasteiger partial charge is 0.218 e. The average molecular weight is 209 g/mol. The minimum Gasteiger partial charge on any atom is -0.481 e. The third-order valence-corrected chi connectivity index (χ3v) is 2.68. The van der Waals surface area contributed by atoms with Crippen molar-refractivity contribution in [3.05, 3.63) is 23.9 Å². The predicted octanol–water partition coefficient (Wildman–Crippen LogP) is 2.56. The summed E-state index contributed by atoms with van der Waals surface area (Å²) in [7, 11) is 1.57. The summed E-state index contributed by atoms with van der Waals surface area (Å²) in [6.07, 6.45) is 3.00. The van der Waals surface area contributed by atoms with E-state index >= 15 is 0 Å². The molecule has 15 heavy (non-hydrogen) atoms. The number of hydrogen-bond donors (Lipinski definition) is 1. The van der Waals surface area contributed by atoms with Gasteiger partial charge in [-0.3, -0.25) is 0 Å². The first kappa shape index (κ1) is 12.0. The molecule has 0 radical (unpaired) electrons. The molecule has 3 heteroatoms. The molecule has 0 saturated carbocycles. The fourth-order valence-corrected chi connectivity index (χ4v) is 1.50. The Morgan fingerprint density at radius 2 is 2.27 bits per heavy atom. The van der Waals surface area contributed by atoms with E-state index in [0.717, 1.165) is 18.4 Å². The first-order valence-electron chi connectivity index (χ1n) is 5.36. The second kappa shape index (κ2) is 5.71. The Hall–Kier alpha value is -1.09. The van der Waals surface area contributed by atoms with Gasteiger partial charge in [-0.2, -0.15) is 0 Å². The molecule has 1 heterocycles. The molecule has 3 nitrogen and oxygen atoms in total. The summed E-state index contributed by atoms with van der Waals surface area (Å²) in [6, 6.07) is 3.68. The molecule has 0 spiro atoms. The zero-order valence-corrected chi connectivity index (χ0v) is 9.60. The lowest BCUT2D eigenvalue weighted by molar-refractivity contribution is 0.142. The molecule has 1 rings (SSSR count). The van der Waals surface area contributed by atoms with Gasteiger partial charge in [0, 0.05) is 11.8 Å². The highest BCUT2D eigenvalue weighted by Crippen LogP contribution is 2.27. The highest BCUT2D eigenvalue weighted by molar-refractivity contribution is 5.27. The predicted molar refractivity (Wildman–Crippen MR) is 59.8 cm³/mol. The molecular weight excluding hydrogens is 190 g/mol. The van der Waals surface area contributed by atoms with Crippen LogP contribution in [-0.2, 0) is 0 Å². The molecular formula is C12H19NO2. The van der Waals surface area contributed by atoms with Crippen LogP contribution < -0.4 is 4.74 Å². The van der Waals surface area contributed by atoms with E-state index < -0.39 is 6.10 Å². The van der Waals surface area contributed by atoms with Crippen LogP contribution in [0.4, 0.5) is 0 Å². The largest absolute Gasteiger partial charge is 0.481 e. The van der Waals surface area contributed by atoms with Gasteiger partial charge in [-0.25, -0.2) is 4.98 Å². The van der Waals surface area contributed by atoms with Crippen LogP contribution in [0.1, 0.15) is 38.4 Å². The van der Waals surface area contributed by atoms with Crippen LogP contribution in [0.2, 0.25) is 0 Å². The van der Waals surface area contributed by atoms with Crippen molar-refractivity contribution in [3.63, 3.8) is 0 Å². The number of pyridine rings is 1. The maximum atomic E-state index is 10.0. The van der Waals surface area contributed by atoms with E-state index in [1.165, 1.54) is 0 Å². The molecule has 1 N–H and O–H groups in total. The second-order valence-corrected chi connectivity index (χ2v) is 3.87. The van der Waals surface area contributed by atoms with Crippen LogP contribution in [0, 0.1) is 5.92 Å². The van der Waals surface area contributed by atoms with Gasteiger partial charge in [0.15, 0.2) is 0 Å². The molecule has 0 bridgehead atoms. The van der Waals surface area contributed by atoms with Crippen LogP contribution in [0.25, 0.3) is 0 Å². The maximum Gasteiger partial charge on any atom is 0.218 e. The Morgan fingerprint density at radius 1 is 1.53 bits per heavy atom. The van der Waals surface area contributed by atoms with Crippen molar-refractivity contribution in [1.82, 2.24) is 4.98 Å². The topological polar surface area (TPSA) is 42.4 Å². The molecule has 0 aliphatic heterocycles. The van der Waals surface area contributed by atoms with E-state index in [1.54, 1.807) is 13.3 Å². The molecule has 1 aromatic heterocycles. The van der Waals surface area contributed by atoms with Gasteiger partial charge in [0.2, 0.25) is 5.88 Å². The van der Waals surface area contributed by atoms with E-state index in [9.17, 15) is 5.11 Å². The van der Waals surface area contributed by atoms with Gasteiger partial charge in [-0.15, -0.1) is 0 Å². The van der Waals surface area contributed by atoms with Gasteiger partial charge in [-0.1, -0.05) is 20.3 Å². The van der Waals surface area contributed by atoms with E-state index in [2.05, 4.69) is 18.8 Å². The van der Waals surface area contributed by atoms with E-state index in [4.69, 9.17) is 4.74 Å². The minimum atomic E-state index is -0.483. The van der Waals surface area contributed by atoms with Crippen LogP contribution >= 0.6 is 0 Å². The first-order chi connectivity index (χ1) is 7.19. The zero-order chi connectivity index (χ0) is 11.3. The lowest BCUT2D eigenvalue weighted by Gasteiger charge is -2.16. The number of rotatable bonds is 5. The number of hydrogen-bond acceptors (Lipinski definition) is 3. The number of aromatic nitrogens is 1. The van der Waals surface area contributed by atoms with Crippen molar-refractivity contribution >= 4 is 0 Å². The van der Waals surface area contributed by atoms with Crippen LogP contribution in [0.15, 0.2) is 18.3 Å². The van der Waals surface area contributed by atoms with Crippen LogP contribution in [0.5, 0.6) is 5.88 Å². The molecule has 0 aliphatic rings. The van der Waals surface area contributed by atoms with Crippen LogP contribution in [0.3, 0.4) is 0 Å². The average Bonchev–Trinajstić information content (AvgIpc) is 2.28. The third kappa shape index (κ3) is 3.20. The van der Waals surface area contributed by atoms with Gasteiger partial charge >= 0.3 is 0 Å². The number of ether oxygens (including phenoxy) is 1. The molecule has 0 amide bonds. The van der Waals surface area contributed by atoms with E-state index in [-0.39, 0.29) is 0 Å². The Labute approximate surface area is 91.1 Å². The van der Waals surface area contributed by atoms with Crippen molar-refractivity contribution in [2.45, 2.75) is 32.8 Å². The fourth-order valence-electron chi connectivity index (χ4n) is 1.50. The summed E-state index contributed by atoms with van der Waals surface area (Å²) in [6.45, 7) is 4.25. The Morgan fingerprint density at radius 3 is 2.87 bits per heavy atom. The molecule has 2 atom stereocenters. The van der Waals surface area contributed by atoms with Crippen LogP contribution in [-0.4, -0.2) is 17.2 Å². The monoisotopic (exact) mass is 209 g/mol. The van der Waals surface area contributed by atoms with E-state index in [0.29, 0.717) is 11.8 Å². The standard InChI is InChI=1S/C12H19NO2/c1-4-9(2)8-11(14)10-6-5-7-13-12(10)15-3/h5-7,9,11,14H,4,8H2,1-3H3. The van der Waals surface area contributed by atoms with Gasteiger partial charge in [0.05, 0.1) is 13.2 Å². The summed E-state index contributed by atoms with van der Waals surface area (Å²) in [4.78, 5) is 4.07. The van der Waals surface area contributed by atoms with Crippen molar-refractivity contribution in [3.8, 4) is 5.88 Å². The van der Waals surface area contributed by atoms with Crippen molar-refractivity contribution < 1.29 is 9.84 Å². The minimum absolute atomic E-state index is 0.483. The summed E-state index contributed by atoms with van der Waals surface area (Å²) in [5, 5.41) is 10.0. The second-order valence-electron chi connectivity index (χ2n) is 3.87. The van der Waals surface area contributed by atoms with Gasteiger partial charge in [0.1, 0.15) is 0 Å². The summed E-state index contributed by atoms with van der Waals surface area (Å²) < 4.78 is 5.11. The quantitative estimate of drug-likeness (QED) is 0.810. The lowest BCUT2D eigenvalue weighted by atomic mass is 9.97. The van der Waals surface area contributed by atoms with Gasteiger partial charge in [-0.05, 0) is 24.5 Å². The Kier molecular flexibility index (Phi) is 4.56. The van der Waals surface area contributed by atoms with Crippen molar-refractivity contribution in [1.29, 1.82) is 0 Å². The number of aliphatic hydroxyl groups excluding tert-OH is 1. The highest BCUT2D eigenvalue weighted by atomic mass is 16.5. The zero-order valence-electron chi connectivity index (χ0n) is 9.60. The van der Waals surface area contributed by atoms with E-state index in [1.807, 2.05) is 12.1 Å². The summed E-state index contributed by atoms with van der Waals surface area (Å²) in [5.41, 5.74) is 0.778. The molecule has 0 aromatic carbocycles. The van der Waals surface area contributed by atoms with Gasteiger partial charge < -0.3 is 9.84 Å². The summed E-state index contributed by atoms with van der Waals surface area (Å²) >= 11 is 0. The molecule has 2 unspecified atom stereocenters. The number of methoxy groups -OCH3 is 1. The van der Waals surface area contributed by atoms with Crippen molar-refractivity contribution in [2.75, 3.05) is 7.11 Å². The molecule has 0 aliphatic carbocycles. The molecule has 1 aromatic rings. The normalized spacial score (nSPS) is 14.7. The maximum absolute atomic E-state index is 10.0. The number of nitrogens with zero attached hydrogens (tertiary/aromatic N) is 1. The number of aliphatic hydroxyl groups is 1. The molecule has 0 saturated heterocycles. The SMILES string of the molecule is CCC(C)CC(O)c1cccnc1OC.